The van der Waals surface area contributed by atoms with Crippen molar-refractivity contribution in [2.45, 2.75) is 31.9 Å². The predicted octanol–water partition coefficient (Wildman–Crippen LogP) is 1.57. The van der Waals surface area contributed by atoms with Crippen molar-refractivity contribution in [2.75, 3.05) is 6.61 Å². The Morgan fingerprint density at radius 1 is 1.50 bits per heavy atom. The number of hydrogen-bond donors (Lipinski definition) is 1. The molecule has 0 saturated carbocycles. The minimum absolute atomic E-state index is 0.217. The van der Waals surface area contributed by atoms with Crippen molar-refractivity contribution < 1.29 is 4.74 Å². The van der Waals surface area contributed by atoms with E-state index >= 15 is 0 Å². The largest absolute Gasteiger partial charge is 0.372 e. The van der Waals surface area contributed by atoms with E-state index < -0.39 is 0 Å². The lowest BCUT2D eigenvalue weighted by Crippen LogP contribution is -2.32. The number of pyridine rings is 1. The van der Waals surface area contributed by atoms with E-state index in [2.05, 4.69) is 11.1 Å². The Hall–Kier alpha value is -0.930. The van der Waals surface area contributed by atoms with E-state index in [1.54, 1.807) is 0 Å². The third-order valence-electron chi connectivity index (χ3n) is 2.60. The third-order valence-corrected chi connectivity index (χ3v) is 2.60. The van der Waals surface area contributed by atoms with Gasteiger partial charge in [0.15, 0.2) is 0 Å². The van der Waals surface area contributed by atoms with E-state index in [0.717, 1.165) is 18.5 Å². The number of nitrogens with two attached hydrogens (primary N) is 1. The molecule has 2 heterocycles. The smallest absolute Gasteiger partial charge is 0.0827 e. The van der Waals surface area contributed by atoms with Crippen molar-refractivity contribution >= 4 is 0 Å². The molecular weight excluding hydrogens is 176 g/mol. The van der Waals surface area contributed by atoms with Gasteiger partial charge in [-0.25, -0.2) is 0 Å². The second kappa shape index (κ2) is 4.07. The third kappa shape index (κ3) is 2.11. The molecule has 0 aliphatic carbocycles. The highest BCUT2D eigenvalue weighted by Crippen LogP contribution is 2.27. The van der Waals surface area contributed by atoms with Crippen LogP contribution in [0.15, 0.2) is 18.3 Å². The van der Waals surface area contributed by atoms with Gasteiger partial charge in [-0.2, -0.15) is 0 Å². The molecule has 3 heteroatoms. The van der Waals surface area contributed by atoms with Gasteiger partial charge in [0, 0.05) is 17.9 Å². The summed E-state index contributed by atoms with van der Waals surface area (Å²) in [6.45, 7) is 2.67. The fourth-order valence-corrected chi connectivity index (χ4v) is 1.80. The molecule has 0 aromatic carbocycles. The maximum atomic E-state index is 5.77. The van der Waals surface area contributed by atoms with Crippen LogP contribution in [-0.4, -0.2) is 17.6 Å². The Kier molecular flexibility index (Phi) is 2.79. The zero-order chi connectivity index (χ0) is 9.97. The topological polar surface area (TPSA) is 48.1 Å². The highest BCUT2D eigenvalue weighted by Gasteiger charge is 2.20. The molecule has 3 nitrogen and oxygen atoms in total. The van der Waals surface area contributed by atoms with Crippen LogP contribution < -0.4 is 5.73 Å². The van der Waals surface area contributed by atoms with Crippen molar-refractivity contribution in [3.05, 3.63) is 29.6 Å². The molecule has 1 aromatic heterocycles. The van der Waals surface area contributed by atoms with Crippen molar-refractivity contribution in [2.24, 2.45) is 5.73 Å². The quantitative estimate of drug-likeness (QED) is 0.734. The van der Waals surface area contributed by atoms with Crippen LogP contribution in [0.1, 0.15) is 30.2 Å². The van der Waals surface area contributed by atoms with Crippen LogP contribution in [0.25, 0.3) is 0 Å². The van der Waals surface area contributed by atoms with Crippen LogP contribution in [0, 0.1) is 6.92 Å². The first-order chi connectivity index (χ1) is 6.75. The number of rotatable bonds is 1. The summed E-state index contributed by atoms with van der Waals surface area (Å²) in [6, 6.07) is 4.32. The number of hydrogen-bond acceptors (Lipinski definition) is 3. The van der Waals surface area contributed by atoms with Crippen LogP contribution in [0.2, 0.25) is 0 Å². The molecule has 2 atom stereocenters. The van der Waals surface area contributed by atoms with Crippen molar-refractivity contribution in [1.82, 2.24) is 4.98 Å². The molecule has 0 bridgehead atoms. The van der Waals surface area contributed by atoms with Gasteiger partial charge in [0.1, 0.15) is 0 Å². The van der Waals surface area contributed by atoms with E-state index in [1.165, 1.54) is 5.56 Å². The Balaban J connectivity index is 2.08. The zero-order valence-corrected chi connectivity index (χ0v) is 8.44. The predicted molar refractivity (Wildman–Crippen MR) is 54.9 cm³/mol. The Morgan fingerprint density at radius 2 is 2.36 bits per heavy atom. The molecule has 1 fully saturated rings. The SMILES string of the molecule is Cc1cc(C2CC[C@@H](N)CO2)ccn1. The average Bonchev–Trinajstić information content (AvgIpc) is 2.19. The van der Waals surface area contributed by atoms with Gasteiger partial charge in [0.25, 0.3) is 0 Å². The first-order valence-electron chi connectivity index (χ1n) is 5.05. The van der Waals surface area contributed by atoms with E-state index in [1.807, 2.05) is 19.2 Å². The minimum atomic E-state index is 0.217. The number of aryl methyl sites for hydroxylation is 1. The van der Waals surface area contributed by atoms with Crippen molar-refractivity contribution in [1.29, 1.82) is 0 Å². The second-order valence-electron chi connectivity index (χ2n) is 3.89. The summed E-state index contributed by atoms with van der Waals surface area (Å²) in [5, 5.41) is 0. The Labute approximate surface area is 84.3 Å². The average molecular weight is 192 g/mol. The fraction of sp³-hybridized carbons (Fsp3) is 0.545. The lowest BCUT2D eigenvalue weighted by molar-refractivity contribution is 0.00404. The molecule has 2 rings (SSSR count). The van der Waals surface area contributed by atoms with Gasteiger partial charge in [-0.05, 0) is 37.5 Å². The molecule has 0 amide bonds. The number of aromatic nitrogens is 1. The summed E-state index contributed by atoms with van der Waals surface area (Å²) < 4.78 is 5.68. The summed E-state index contributed by atoms with van der Waals surface area (Å²) in [4.78, 5) is 4.17. The highest BCUT2D eigenvalue weighted by molar-refractivity contribution is 5.18. The van der Waals surface area contributed by atoms with Gasteiger partial charge < -0.3 is 10.5 Å². The van der Waals surface area contributed by atoms with E-state index in [-0.39, 0.29) is 12.1 Å². The molecular formula is C11H16N2O. The Morgan fingerprint density at radius 3 is 3.00 bits per heavy atom. The molecule has 0 spiro atoms. The minimum Gasteiger partial charge on any atom is -0.372 e. The van der Waals surface area contributed by atoms with E-state index in [0.29, 0.717) is 6.61 Å². The standard InChI is InChI=1S/C11H16N2O/c1-8-6-9(4-5-13-8)11-3-2-10(12)7-14-11/h4-6,10-11H,2-3,7,12H2,1H3/t10-,11?/m1/s1. The van der Waals surface area contributed by atoms with Crippen LogP contribution in [-0.2, 0) is 4.74 Å². The highest BCUT2D eigenvalue weighted by atomic mass is 16.5. The summed E-state index contributed by atoms with van der Waals surface area (Å²) in [6.07, 6.45) is 4.12. The van der Waals surface area contributed by atoms with Gasteiger partial charge in [0.2, 0.25) is 0 Å². The summed E-state index contributed by atoms with van der Waals surface area (Å²) >= 11 is 0. The van der Waals surface area contributed by atoms with Gasteiger partial charge in [-0.3, -0.25) is 4.98 Å². The molecule has 2 N–H and O–H groups in total. The maximum absolute atomic E-state index is 5.77. The first-order valence-corrected chi connectivity index (χ1v) is 5.05. The molecule has 1 unspecified atom stereocenters. The summed E-state index contributed by atoms with van der Waals surface area (Å²) in [5.41, 5.74) is 8.04. The molecule has 76 valence electrons. The molecule has 14 heavy (non-hydrogen) atoms. The molecule has 1 aromatic rings. The second-order valence-corrected chi connectivity index (χ2v) is 3.89. The van der Waals surface area contributed by atoms with Gasteiger partial charge in [-0.1, -0.05) is 0 Å². The van der Waals surface area contributed by atoms with Crippen LogP contribution in [0.5, 0.6) is 0 Å². The molecule has 0 radical (unpaired) electrons. The normalized spacial score (nSPS) is 27.6. The summed E-state index contributed by atoms with van der Waals surface area (Å²) in [5.74, 6) is 0. The van der Waals surface area contributed by atoms with Crippen LogP contribution in [0.4, 0.5) is 0 Å². The van der Waals surface area contributed by atoms with Gasteiger partial charge in [-0.15, -0.1) is 0 Å². The Bertz CT molecular complexity index is 306. The summed E-state index contributed by atoms with van der Waals surface area (Å²) in [7, 11) is 0. The lowest BCUT2D eigenvalue weighted by Gasteiger charge is -2.27. The van der Waals surface area contributed by atoms with E-state index in [9.17, 15) is 0 Å². The number of nitrogens with zero attached hydrogens (tertiary/aromatic N) is 1. The lowest BCUT2D eigenvalue weighted by atomic mass is 10.00. The fourth-order valence-electron chi connectivity index (χ4n) is 1.80. The zero-order valence-electron chi connectivity index (χ0n) is 8.44. The number of ether oxygens (including phenoxy) is 1. The van der Waals surface area contributed by atoms with Crippen molar-refractivity contribution in [3.8, 4) is 0 Å². The van der Waals surface area contributed by atoms with Crippen LogP contribution >= 0.6 is 0 Å². The maximum Gasteiger partial charge on any atom is 0.0827 e. The monoisotopic (exact) mass is 192 g/mol. The van der Waals surface area contributed by atoms with E-state index in [4.69, 9.17) is 10.5 Å². The van der Waals surface area contributed by atoms with Crippen LogP contribution in [0.3, 0.4) is 0 Å². The molecule has 1 saturated heterocycles. The van der Waals surface area contributed by atoms with Crippen molar-refractivity contribution in [3.63, 3.8) is 0 Å². The van der Waals surface area contributed by atoms with Gasteiger partial charge in [0.05, 0.1) is 12.7 Å². The molecule has 1 aliphatic heterocycles. The van der Waals surface area contributed by atoms with Gasteiger partial charge >= 0.3 is 0 Å². The molecule has 1 aliphatic rings. The first kappa shape index (κ1) is 9.62.